The molecule has 0 spiro atoms. The number of rotatable bonds is 11. The quantitative estimate of drug-likeness (QED) is 0.360. The van der Waals surface area contributed by atoms with E-state index >= 15 is 0 Å². The third-order valence-electron chi connectivity index (χ3n) is 3.87. The Morgan fingerprint density at radius 2 is 2.11 bits per heavy atom. The highest BCUT2D eigenvalue weighted by Crippen LogP contribution is 2.28. The van der Waals surface area contributed by atoms with Crippen molar-refractivity contribution >= 4 is 5.96 Å². The number of aliphatic imine (C=N–C) groups is 1. The molecule has 27 heavy (non-hydrogen) atoms. The first-order valence-electron chi connectivity index (χ1n) is 9.56. The highest BCUT2D eigenvalue weighted by molar-refractivity contribution is 5.79. The molecular weight excluding hydrogens is 342 g/mol. The first kappa shape index (κ1) is 20.6. The minimum absolute atomic E-state index is 0.568. The molecule has 1 heterocycles. The van der Waals surface area contributed by atoms with Crippen LogP contribution in [0.2, 0.25) is 0 Å². The smallest absolute Gasteiger partial charge is 0.191 e. The van der Waals surface area contributed by atoms with Crippen molar-refractivity contribution in [1.82, 2.24) is 20.4 Å². The maximum Gasteiger partial charge on any atom is 0.191 e. The fourth-order valence-electron chi connectivity index (χ4n) is 2.53. The minimum Gasteiger partial charge on any atom is -0.493 e. The number of nitrogens with one attached hydrogen (secondary N) is 2. The molecule has 0 aliphatic heterocycles. The lowest BCUT2D eigenvalue weighted by molar-refractivity contribution is 0.294. The molecule has 7 heteroatoms. The summed E-state index contributed by atoms with van der Waals surface area (Å²) in [4.78, 5) is 4.66. The predicted molar refractivity (Wildman–Crippen MR) is 108 cm³/mol. The van der Waals surface area contributed by atoms with Crippen LogP contribution in [0.3, 0.4) is 0 Å². The van der Waals surface area contributed by atoms with Crippen molar-refractivity contribution in [3.05, 3.63) is 42.2 Å². The predicted octanol–water partition coefficient (Wildman–Crippen LogP) is 2.83. The van der Waals surface area contributed by atoms with E-state index in [2.05, 4.69) is 34.6 Å². The van der Waals surface area contributed by atoms with E-state index in [0.717, 1.165) is 55.5 Å². The SMILES string of the molecule is CCCOc1ccc(CN=C(NCC)NCCCn2cccn2)cc1OC. The molecule has 0 aliphatic rings. The largest absolute Gasteiger partial charge is 0.493 e. The molecule has 0 unspecified atom stereocenters. The van der Waals surface area contributed by atoms with Gasteiger partial charge in [-0.15, -0.1) is 0 Å². The molecule has 2 rings (SSSR count). The number of aryl methyl sites for hydroxylation is 1. The van der Waals surface area contributed by atoms with E-state index in [4.69, 9.17) is 9.47 Å². The number of methoxy groups -OCH3 is 1. The number of ether oxygens (including phenoxy) is 2. The van der Waals surface area contributed by atoms with Crippen molar-refractivity contribution in [1.29, 1.82) is 0 Å². The zero-order valence-electron chi connectivity index (χ0n) is 16.6. The van der Waals surface area contributed by atoms with Crippen molar-refractivity contribution in [2.24, 2.45) is 4.99 Å². The molecule has 0 saturated carbocycles. The van der Waals surface area contributed by atoms with Crippen LogP contribution in [-0.4, -0.2) is 42.5 Å². The van der Waals surface area contributed by atoms with Crippen LogP contribution < -0.4 is 20.1 Å². The van der Waals surface area contributed by atoms with Crippen molar-refractivity contribution in [2.75, 3.05) is 26.8 Å². The topological polar surface area (TPSA) is 72.7 Å². The van der Waals surface area contributed by atoms with Gasteiger partial charge in [-0.3, -0.25) is 4.68 Å². The molecule has 1 aromatic carbocycles. The van der Waals surface area contributed by atoms with Gasteiger partial charge in [0, 0.05) is 32.0 Å². The van der Waals surface area contributed by atoms with E-state index in [-0.39, 0.29) is 0 Å². The zero-order chi connectivity index (χ0) is 19.3. The van der Waals surface area contributed by atoms with Gasteiger partial charge in [-0.1, -0.05) is 13.0 Å². The second-order valence-electron chi connectivity index (χ2n) is 6.08. The van der Waals surface area contributed by atoms with Gasteiger partial charge in [-0.2, -0.15) is 5.10 Å². The van der Waals surface area contributed by atoms with E-state index in [9.17, 15) is 0 Å². The van der Waals surface area contributed by atoms with E-state index in [1.807, 2.05) is 35.1 Å². The lowest BCUT2D eigenvalue weighted by Gasteiger charge is -2.13. The summed E-state index contributed by atoms with van der Waals surface area (Å²) < 4.78 is 13.1. The molecule has 0 radical (unpaired) electrons. The standard InChI is InChI=1S/C20H31N5O2/c1-4-14-27-18-9-8-17(15-19(18)26-3)16-23-20(21-5-2)22-10-6-12-25-13-7-11-24-25/h7-9,11,13,15H,4-6,10,12,14,16H2,1-3H3,(H2,21,22,23). The number of nitrogens with zero attached hydrogens (tertiary/aromatic N) is 3. The Hall–Kier alpha value is -2.70. The number of hydrogen-bond donors (Lipinski definition) is 2. The molecule has 0 bridgehead atoms. The van der Waals surface area contributed by atoms with Gasteiger partial charge in [0.15, 0.2) is 17.5 Å². The second kappa shape index (κ2) is 11.8. The molecule has 7 nitrogen and oxygen atoms in total. The number of aromatic nitrogens is 2. The Kier molecular flexibility index (Phi) is 9.03. The fourth-order valence-corrected chi connectivity index (χ4v) is 2.53. The molecule has 0 amide bonds. The van der Waals surface area contributed by atoms with Gasteiger partial charge in [-0.25, -0.2) is 4.99 Å². The van der Waals surface area contributed by atoms with Gasteiger partial charge in [0.25, 0.3) is 0 Å². The van der Waals surface area contributed by atoms with Crippen LogP contribution in [0.1, 0.15) is 32.3 Å². The van der Waals surface area contributed by atoms with Gasteiger partial charge in [0.2, 0.25) is 0 Å². The van der Waals surface area contributed by atoms with Crippen LogP contribution in [0.25, 0.3) is 0 Å². The van der Waals surface area contributed by atoms with Crippen LogP contribution >= 0.6 is 0 Å². The minimum atomic E-state index is 0.568. The zero-order valence-corrected chi connectivity index (χ0v) is 16.6. The van der Waals surface area contributed by atoms with Gasteiger partial charge in [-0.05, 0) is 43.5 Å². The average molecular weight is 374 g/mol. The normalized spacial score (nSPS) is 11.3. The third kappa shape index (κ3) is 7.21. The summed E-state index contributed by atoms with van der Waals surface area (Å²) in [5, 5.41) is 10.8. The molecule has 0 saturated heterocycles. The summed E-state index contributed by atoms with van der Waals surface area (Å²) in [6, 6.07) is 7.89. The Bertz CT molecular complexity index is 686. The van der Waals surface area contributed by atoms with Crippen LogP contribution in [0.15, 0.2) is 41.7 Å². The second-order valence-corrected chi connectivity index (χ2v) is 6.08. The average Bonchev–Trinajstić information content (AvgIpc) is 3.21. The highest BCUT2D eigenvalue weighted by Gasteiger charge is 2.06. The lowest BCUT2D eigenvalue weighted by Crippen LogP contribution is -2.38. The molecule has 0 fully saturated rings. The van der Waals surface area contributed by atoms with Crippen LogP contribution in [-0.2, 0) is 13.1 Å². The Morgan fingerprint density at radius 1 is 1.22 bits per heavy atom. The Balaban J connectivity index is 1.88. The van der Waals surface area contributed by atoms with E-state index in [1.54, 1.807) is 13.3 Å². The van der Waals surface area contributed by atoms with Crippen molar-refractivity contribution < 1.29 is 9.47 Å². The van der Waals surface area contributed by atoms with E-state index in [0.29, 0.717) is 13.2 Å². The summed E-state index contributed by atoms with van der Waals surface area (Å²) in [5.41, 5.74) is 1.07. The van der Waals surface area contributed by atoms with Gasteiger partial charge in [0.1, 0.15) is 0 Å². The fraction of sp³-hybridized carbons (Fsp3) is 0.500. The Morgan fingerprint density at radius 3 is 2.81 bits per heavy atom. The summed E-state index contributed by atoms with van der Waals surface area (Å²) in [6.45, 7) is 7.93. The van der Waals surface area contributed by atoms with Gasteiger partial charge in [0.05, 0.1) is 20.3 Å². The molecule has 148 valence electrons. The Labute approximate surface area is 161 Å². The third-order valence-corrected chi connectivity index (χ3v) is 3.87. The highest BCUT2D eigenvalue weighted by atomic mass is 16.5. The van der Waals surface area contributed by atoms with Crippen molar-refractivity contribution in [2.45, 2.75) is 39.8 Å². The van der Waals surface area contributed by atoms with Crippen molar-refractivity contribution in [3.8, 4) is 11.5 Å². The summed E-state index contributed by atoms with van der Waals surface area (Å²) >= 11 is 0. The molecule has 1 aromatic heterocycles. The summed E-state index contributed by atoms with van der Waals surface area (Å²) in [6.07, 6.45) is 5.71. The maximum absolute atomic E-state index is 5.70. The number of guanidine groups is 1. The van der Waals surface area contributed by atoms with Gasteiger partial charge >= 0.3 is 0 Å². The van der Waals surface area contributed by atoms with Crippen LogP contribution in [0, 0.1) is 0 Å². The first-order valence-corrected chi connectivity index (χ1v) is 9.56. The monoisotopic (exact) mass is 373 g/mol. The first-order chi connectivity index (χ1) is 13.3. The van der Waals surface area contributed by atoms with E-state index in [1.165, 1.54) is 0 Å². The van der Waals surface area contributed by atoms with Crippen LogP contribution in [0.4, 0.5) is 0 Å². The molecule has 0 atom stereocenters. The van der Waals surface area contributed by atoms with E-state index < -0.39 is 0 Å². The summed E-state index contributed by atoms with van der Waals surface area (Å²) in [5.74, 6) is 2.33. The molecule has 2 aromatic rings. The lowest BCUT2D eigenvalue weighted by atomic mass is 10.2. The number of benzene rings is 1. The molecule has 2 N–H and O–H groups in total. The number of hydrogen-bond acceptors (Lipinski definition) is 4. The summed E-state index contributed by atoms with van der Waals surface area (Å²) in [7, 11) is 1.66. The van der Waals surface area contributed by atoms with Crippen molar-refractivity contribution in [3.63, 3.8) is 0 Å². The molecule has 0 aliphatic carbocycles. The van der Waals surface area contributed by atoms with Crippen LogP contribution in [0.5, 0.6) is 11.5 Å². The van der Waals surface area contributed by atoms with Gasteiger partial charge < -0.3 is 20.1 Å². The maximum atomic E-state index is 5.70. The molecular formula is C20H31N5O2.